The van der Waals surface area contributed by atoms with Gasteiger partial charge in [-0.05, 0) is 37.8 Å². The van der Waals surface area contributed by atoms with Crippen molar-refractivity contribution >= 4 is 16.9 Å². The molecular formula is C21H29N3O. The van der Waals surface area contributed by atoms with Crippen LogP contribution in [0.15, 0.2) is 30.6 Å². The molecule has 1 aromatic heterocycles. The SMILES string of the molecule is O=C(Cn1cnc2ccccc21)N(C1CCCCC1)C1CCCCC1. The zero-order valence-electron chi connectivity index (χ0n) is 15.1. The van der Waals surface area contributed by atoms with Crippen LogP contribution in [0.2, 0.25) is 0 Å². The topological polar surface area (TPSA) is 38.1 Å². The fraction of sp³-hybridized carbons (Fsp3) is 0.619. The smallest absolute Gasteiger partial charge is 0.243 e. The van der Waals surface area contributed by atoms with Crippen molar-refractivity contribution in [2.24, 2.45) is 0 Å². The van der Waals surface area contributed by atoms with E-state index in [1.165, 1.54) is 64.2 Å². The van der Waals surface area contributed by atoms with E-state index in [0.717, 1.165) is 11.0 Å². The monoisotopic (exact) mass is 339 g/mol. The Bertz CT molecular complexity index is 693. The highest BCUT2D eigenvalue weighted by Gasteiger charge is 2.32. The highest BCUT2D eigenvalue weighted by molar-refractivity contribution is 5.81. The minimum absolute atomic E-state index is 0.293. The molecule has 1 aromatic carbocycles. The van der Waals surface area contributed by atoms with Gasteiger partial charge in [-0.1, -0.05) is 50.7 Å². The lowest BCUT2D eigenvalue weighted by Gasteiger charge is -2.42. The van der Waals surface area contributed by atoms with Crippen LogP contribution in [-0.4, -0.2) is 32.4 Å². The van der Waals surface area contributed by atoms with E-state index in [1.54, 1.807) is 0 Å². The number of nitrogens with zero attached hydrogens (tertiary/aromatic N) is 3. The number of imidazole rings is 1. The zero-order valence-corrected chi connectivity index (χ0v) is 15.1. The summed E-state index contributed by atoms with van der Waals surface area (Å²) < 4.78 is 2.02. The van der Waals surface area contributed by atoms with E-state index < -0.39 is 0 Å². The van der Waals surface area contributed by atoms with Crippen LogP contribution in [0.1, 0.15) is 64.2 Å². The van der Waals surface area contributed by atoms with Gasteiger partial charge >= 0.3 is 0 Å². The molecule has 2 aromatic rings. The van der Waals surface area contributed by atoms with Crippen molar-refractivity contribution in [3.8, 4) is 0 Å². The van der Waals surface area contributed by atoms with Crippen LogP contribution < -0.4 is 0 Å². The van der Waals surface area contributed by atoms with Gasteiger partial charge in [-0.2, -0.15) is 0 Å². The molecule has 2 fully saturated rings. The highest BCUT2D eigenvalue weighted by atomic mass is 16.2. The third-order valence-corrected chi connectivity index (χ3v) is 6.06. The van der Waals surface area contributed by atoms with Crippen LogP contribution in [0.5, 0.6) is 0 Å². The summed E-state index contributed by atoms with van der Waals surface area (Å²) in [6, 6.07) is 9.00. The molecule has 0 N–H and O–H groups in total. The molecule has 0 radical (unpaired) electrons. The first-order valence-corrected chi connectivity index (χ1v) is 10.0. The molecule has 4 heteroatoms. The molecule has 0 unspecified atom stereocenters. The van der Waals surface area contributed by atoms with Crippen LogP contribution in [0.25, 0.3) is 11.0 Å². The van der Waals surface area contributed by atoms with Gasteiger partial charge in [-0.3, -0.25) is 4.79 Å². The molecule has 2 saturated carbocycles. The van der Waals surface area contributed by atoms with Crippen LogP contribution in [0.4, 0.5) is 0 Å². The van der Waals surface area contributed by atoms with Crippen molar-refractivity contribution in [1.29, 1.82) is 0 Å². The third kappa shape index (κ3) is 3.58. The molecule has 25 heavy (non-hydrogen) atoms. The Kier molecular flexibility index (Phi) is 5.04. The summed E-state index contributed by atoms with van der Waals surface area (Å²) in [5.41, 5.74) is 2.03. The van der Waals surface area contributed by atoms with E-state index >= 15 is 0 Å². The van der Waals surface area contributed by atoms with Gasteiger partial charge in [0.15, 0.2) is 0 Å². The lowest BCUT2D eigenvalue weighted by atomic mass is 9.88. The van der Waals surface area contributed by atoms with Crippen LogP contribution in [-0.2, 0) is 11.3 Å². The zero-order chi connectivity index (χ0) is 17.1. The Hall–Kier alpha value is -1.84. The molecule has 4 nitrogen and oxygen atoms in total. The number of para-hydroxylation sites is 2. The summed E-state index contributed by atoms with van der Waals surface area (Å²) in [5.74, 6) is 0.293. The predicted octanol–water partition coefficient (Wildman–Crippen LogP) is 4.53. The lowest BCUT2D eigenvalue weighted by Crippen LogP contribution is -2.49. The van der Waals surface area contributed by atoms with Gasteiger partial charge in [0.05, 0.1) is 17.4 Å². The largest absolute Gasteiger partial charge is 0.335 e. The van der Waals surface area contributed by atoms with Gasteiger partial charge in [0.1, 0.15) is 6.54 Å². The second kappa shape index (κ2) is 7.59. The number of fused-ring (bicyclic) bond motifs is 1. The van der Waals surface area contributed by atoms with Crippen molar-refractivity contribution in [3.05, 3.63) is 30.6 Å². The first-order valence-electron chi connectivity index (χ1n) is 10.0. The van der Waals surface area contributed by atoms with Crippen molar-refractivity contribution in [1.82, 2.24) is 14.5 Å². The molecule has 0 saturated heterocycles. The predicted molar refractivity (Wildman–Crippen MR) is 100 cm³/mol. The van der Waals surface area contributed by atoms with E-state index in [-0.39, 0.29) is 0 Å². The third-order valence-electron chi connectivity index (χ3n) is 6.06. The molecule has 1 amide bonds. The molecule has 2 aliphatic carbocycles. The minimum atomic E-state index is 0.293. The first kappa shape index (κ1) is 16.6. The van der Waals surface area contributed by atoms with Gasteiger partial charge in [-0.15, -0.1) is 0 Å². The number of hydrogen-bond donors (Lipinski definition) is 0. The maximum Gasteiger partial charge on any atom is 0.243 e. The number of rotatable bonds is 4. The van der Waals surface area contributed by atoms with Crippen molar-refractivity contribution in [2.75, 3.05) is 0 Å². The van der Waals surface area contributed by atoms with E-state index in [0.29, 0.717) is 24.5 Å². The Labute approximate surface area is 150 Å². The van der Waals surface area contributed by atoms with E-state index in [9.17, 15) is 4.79 Å². The Morgan fingerprint density at radius 3 is 2.20 bits per heavy atom. The maximum absolute atomic E-state index is 13.3. The van der Waals surface area contributed by atoms with Gasteiger partial charge in [-0.25, -0.2) is 4.98 Å². The van der Waals surface area contributed by atoms with Gasteiger partial charge in [0.2, 0.25) is 5.91 Å². The molecule has 134 valence electrons. The molecule has 4 rings (SSSR count). The number of amides is 1. The van der Waals surface area contributed by atoms with Crippen LogP contribution in [0.3, 0.4) is 0 Å². The second-order valence-electron chi connectivity index (χ2n) is 7.75. The number of benzene rings is 1. The minimum Gasteiger partial charge on any atom is -0.335 e. The van der Waals surface area contributed by atoms with Crippen molar-refractivity contribution in [2.45, 2.75) is 82.8 Å². The summed E-state index contributed by atoms with van der Waals surface area (Å²) in [4.78, 5) is 20.1. The van der Waals surface area contributed by atoms with Crippen LogP contribution >= 0.6 is 0 Å². The lowest BCUT2D eigenvalue weighted by molar-refractivity contribution is -0.138. The van der Waals surface area contributed by atoms with E-state index in [4.69, 9.17) is 0 Å². The summed E-state index contributed by atoms with van der Waals surface area (Å²) in [7, 11) is 0. The molecule has 0 atom stereocenters. The average molecular weight is 339 g/mol. The number of hydrogen-bond acceptors (Lipinski definition) is 2. The van der Waals surface area contributed by atoms with Crippen LogP contribution in [0, 0.1) is 0 Å². The van der Waals surface area contributed by atoms with Gasteiger partial charge < -0.3 is 9.47 Å². The molecule has 0 aliphatic heterocycles. The molecular weight excluding hydrogens is 310 g/mol. The van der Waals surface area contributed by atoms with E-state index in [2.05, 4.69) is 16.0 Å². The van der Waals surface area contributed by atoms with Crippen molar-refractivity contribution < 1.29 is 4.79 Å². The normalized spacial score (nSPS) is 20.0. The number of carbonyl (C=O) groups is 1. The van der Waals surface area contributed by atoms with Gasteiger partial charge in [0, 0.05) is 12.1 Å². The average Bonchev–Trinajstić information content (AvgIpc) is 3.07. The quantitative estimate of drug-likeness (QED) is 0.821. The standard InChI is InChI=1S/C21H29N3O/c25-21(15-23-16-22-19-13-7-8-14-20(19)23)24(17-9-3-1-4-10-17)18-11-5-2-6-12-18/h7-8,13-14,16-18H,1-6,9-12,15H2. The number of carbonyl (C=O) groups excluding carboxylic acids is 1. The summed E-state index contributed by atoms with van der Waals surface area (Å²) in [6.07, 6.45) is 14.3. The first-order chi connectivity index (χ1) is 12.3. The fourth-order valence-electron chi connectivity index (χ4n) is 4.79. The summed E-state index contributed by atoms with van der Waals surface area (Å²) in [6.45, 7) is 0.424. The molecule has 0 spiro atoms. The molecule has 0 bridgehead atoms. The Morgan fingerprint density at radius 2 is 1.56 bits per heavy atom. The Balaban J connectivity index is 1.55. The second-order valence-corrected chi connectivity index (χ2v) is 7.75. The van der Waals surface area contributed by atoms with Gasteiger partial charge in [0.25, 0.3) is 0 Å². The summed E-state index contributed by atoms with van der Waals surface area (Å²) in [5, 5.41) is 0. The Morgan fingerprint density at radius 1 is 0.960 bits per heavy atom. The molecule has 1 heterocycles. The van der Waals surface area contributed by atoms with Crippen molar-refractivity contribution in [3.63, 3.8) is 0 Å². The van der Waals surface area contributed by atoms with E-state index in [1.807, 2.05) is 29.1 Å². The highest BCUT2D eigenvalue weighted by Crippen LogP contribution is 2.30. The maximum atomic E-state index is 13.3. The molecule has 2 aliphatic rings. The summed E-state index contributed by atoms with van der Waals surface area (Å²) >= 11 is 0. The fourth-order valence-corrected chi connectivity index (χ4v) is 4.79. The number of aromatic nitrogens is 2.